The fourth-order valence-corrected chi connectivity index (χ4v) is 3.46. The quantitative estimate of drug-likeness (QED) is 0.318. The average Bonchev–Trinajstić information content (AvgIpc) is 2.52. The van der Waals surface area contributed by atoms with Crippen molar-refractivity contribution in [1.82, 2.24) is 0 Å². The lowest BCUT2D eigenvalue weighted by molar-refractivity contribution is 1.29. The van der Waals surface area contributed by atoms with Crippen molar-refractivity contribution in [2.45, 2.75) is 6.42 Å². The summed E-state index contributed by atoms with van der Waals surface area (Å²) in [7, 11) is 0. The molecular weight excluding hydrogens is 252 g/mol. The molecule has 0 heteroatoms. The predicted octanol–water partition coefficient (Wildman–Crippen LogP) is 5.96. The predicted molar refractivity (Wildman–Crippen MR) is 94.1 cm³/mol. The van der Waals surface area contributed by atoms with Gasteiger partial charge in [-0.15, -0.1) is 6.58 Å². The van der Waals surface area contributed by atoms with Gasteiger partial charge in [-0.25, -0.2) is 0 Å². The molecule has 0 atom stereocenters. The lowest BCUT2D eigenvalue weighted by Crippen LogP contribution is -1.92. The van der Waals surface area contributed by atoms with Gasteiger partial charge < -0.3 is 0 Å². The van der Waals surface area contributed by atoms with E-state index in [9.17, 15) is 0 Å². The summed E-state index contributed by atoms with van der Waals surface area (Å²) in [6.07, 6.45) is 4.81. The Balaban J connectivity index is 2.30. The minimum atomic E-state index is 0.873. The van der Waals surface area contributed by atoms with Crippen molar-refractivity contribution in [2.75, 3.05) is 0 Å². The average molecular weight is 268 g/mol. The summed E-state index contributed by atoms with van der Waals surface area (Å²) in [6, 6.07) is 17.7. The number of hydrogen-bond acceptors (Lipinski definition) is 0. The number of hydrogen-bond donors (Lipinski definition) is 0. The van der Waals surface area contributed by atoms with Crippen LogP contribution in [0.2, 0.25) is 0 Å². The summed E-state index contributed by atoms with van der Waals surface area (Å²) in [5.74, 6) is 0. The molecular formula is C21H16. The first-order valence-electron chi connectivity index (χ1n) is 7.26. The molecule has 0 aromatic heterocycles. The highest BCUT2D eigenvalue weighted by Crippen LogP contribution is 2.37. The number of rotatable bonds is 3. The summed E-state index contributed by atoms with van der Waals surface area (Å²) in [5, 5.41) is 7.92. The Kier molecular flexibility index (Phi) is 2.58. The first kappa shape index (κ1) is 12.2. The van der Waals surface area contributed by atoms with E-state index >= 15 is 0 Å². The molecule has 100 valence electrons. The minimum Gasteiger partial charge on any atom is -0.103 e. The van der Waals surface area contributed by atoms with Gasteiger partial charge in [0, 0.05) is 0 Å². The van der Waals surface area contributed by atoms with Crippen LogP contribution >= 0.6 is 0 Å². The zero-order chi connectivity index (χ0) is 14.4. The Labute approximate surface area is 124 Å². The summed E-state index contributed by atoms with van der Waals surface area (Å²) in [5.41, 5.74) is 2.53. The molecule has 21 heavy (non-hydrogen) atoms. The van der Waals surface area contributed by atoms with Gasteiger partial charge in [-0.2, -0.15) is 0 Å². The summed E-state index contributed by atoms with van der Waals surface area (Å²) >= 11 is 0. The first-order valence-corrected chi connectivity index (χ1v) is 7.26. The van der Waals surface area contributed by atoms with Crippen LogP contribution < -0.4 is 0 Å². The van der Waals surface area contributed by atoms with E-state index in [2.05, 4.69) is 61.7 Å². The molecule has 4 aromatic carbocycles. The lowest BCUT2D eigenvalue weighted by atomic mass is 9.88. The third-order valence-electron chi connectivity index (χ3n) is 4.34. The van der Waals surface area contributed by atoms with Crippen molar-refractivity contribution in [3.63, 3.8) is 0 Å². The molecule has 0 bridgehead atoms. The van der Waals surface area contributed by atoms with Crippen molar-refractivity contribution >= 4 is 38.4 Å². The molecule has 4 aromatic rings. The van der Waals surface area contributed by atoms with E-state index in [0.29, 0.717) is 0 Å². The molecule has 0 aliphatic heterocycles. The molecule has 0 radical (unpaired) electrons. The molecule has 0 amide bonds. The second-order valence-corrected chi connectivity index (χ2v) is 5.50. The van der Waals surface area contributed by atoms with E-state index in [4.69, 9.17) is 0 Å². The smallest absolute Gasteiger partial charge is 0.00206 e. The van der Waals surface area contributed by atoms with Crippen LogP contribution in [-0.2, 0) is 6.42 Å². The van der Waals surface area contributed by atoms with Crippen LogP contribution in [0.15, 0.2) is 67.8 Å². The lowest BCUT2D eigenvalue weighted by Gasteiger charge is -2.15. The molecule has 0 heterocycles. The van der Waals surface area contributed by atoms with Gasteiger partial charge in [-0.1, -0.05) is 67.3 Å². The van der Waals surface area contributed by atoms with E-state index in [-0.39, 0.29) is 0 Å². The van der Waals surface area contributed by atoms with E-state index in [1.165, 1.54) is 43.4 Å². The largest absolute Gasteiger partial charge is 0.103 e. The molecule has 4 rings (SSSR count). The Hall–Kier alpha value is -2.60. The molecule has 0 aliphatic rings. The van der Waals surface area contributed by atoms with Crippen LogP contribution in [0.5, 0.6) is 0 Å². The van der Waals surface area contributed by atoms with Gasteiger partial charge in [-0.3, -0.25) is 0 Å². The zero-order valence-electron chi connectivity index (χ0n) is 11.9. The summed E-state index contributed by atoms with van der Waals surface area (Å²) in [6.45, 7) is 7.90. The van der Waals surface area contributed by atoms with Crippen LogP contribution in [0.3, 0.4) is 0 Å². The van der Waals surface area contributed by atoms with Crippen LogP contribution in [0.25, 0.3) is 38.4 Å². The maximum Gasteiger partial charge on any atom is -0.00206 e. The minimum absolute atomic E-state index is 0.873. The Bertz CT molecular complexity index is 973. The monoisotopic (exact) mass is 268 g/mol. The Morgan fingerprint density at radius 3 is 2.24 bits per heavy atom. The maximum atomic E-state index is 4.02. The second kappa shape index (κ2) is 4.46. The van der Waals surface area contributed by atoms with Gasteiger partial charge in [0.15, 0.2) is 0 Å². The van der Waals surface area contributed by atoms with Crippen molar-refractivity contribution in [3.8, 4) is 0 Å². The Morgan fingerprint density at radius 1 is 0.810 bits per heavy atom. The van der Waals surface area contributed by atoms with Crippen molar-refractivity contribution in [3.05, 3.63) is 78.9 Å². The van der Waals surface area contributed by atoms with Gasteiger partial charge in [0.2, 0.25) is 0 Å². The van der Waals surface area contributed by atoms with Gasteiger partial charge in [0.25, 0.3) is 0 Å². The van der Waals surface area contributed by atoms with Gasteiger partial charge in [-0.05, 0) is 49.9 Å². The first-order chi connectivity index (χ1) is 10.3. The highest BCUT2D eigenvalue weighted by molar-refractivity contribution is 6.24. The highest BCUT2D eigenvalue weighted by Gasteiger charge is 2.12. The van der Waals surface area contributed by atoms with Crippen LogP contribution in [-0.4, -0.2) is 0 Å². The standard InChI is InChI=1S/C21H16/c1-3-6-16-13-17-10-9-14-7-5-8-15-11-12-19(18(16)4-2)21(17)20(14)15/h3-5,7-13H,1-2,6H2. The van der Waals surface area contributed by atoms with Crippen LogP contribution in [0.1, 0.15) is 11.1 Å². The Morgan fingerprint density at radius 2 is 1.52 bits per heavy atom. The van der Waals surface area contributed by atoms with Crippen LogP contribution in [0, 0.1) is 0 Å². The van der Waals surface area contributed by atoms with E-state index in [1.54, 1.807) is 0 Å². The molecule has 0 saturated carbocycles. The van der Waals surface area contributed by atoms with Crippen molar-refractivity contribution in [1.29, 1.82) is 0 Å². The van der Waals surface area contributed by atoms with E-state index in [0.717, 1.165) is 6.42 Å². The molecule has 0 fully saturated rings. The number of benzene rings is 4. The topological polar surface area (TPSA) is 0 Å². The fourth-order valence-electron chi connectivity index (χ4n) is 3.46. The molecule has 0 N–H and O–H groups in total. The second-order valence-electron chi connectivity index (χ2n) is 5.50. The molecule has 0 nitrogen and oxygen atoms in total. The van der Waals surface area contributed by atoms with Gasteiger partial charge in [0.1, 0.15) is 0 Å². The van der Waals surface area contributed by atoms with E-state index < -0.39 is 0 Å². The summed E-state index contributed by atoms with van der Waals surface area (Å²) < 4.78 is 0. The number of allylic oxidation sites excluding steroid dienone is 1. The molecule has 0 aliphatic carbocycles. The third kappa shape index (κ3) is 1.62. The molecule has 0 unspecified atom stereocenters. The van der Waals surface area contributed by atoms with Crippen molar-refractivity contribution < 1.29 is 0 Å². The summed E-state index contributed by atoms with van der Waals surface area (Å²) in [4.78, 5) is 0. The van der Waals surface area contributed by atoms with E-state index in [1.807, 2.05) is 12.2 Å². The zero-order valence-corrected chi connectivity index (χ0v) is 11.9. The van der Waals surface area contributed by atoms with Gasteiger partial charge in [0.05, 0.1) is 0 Å². The van der Waals surface area contributed by atoms with Crippen molar-refractivity contribution in [2.24, 2.45) is 0 Å². The van der Waals surface area contributed by atoms with Gasteiger partial charge >= 0.3 is 0 Å². The molecule has 0 saturated heterocycles. The third-order valence-corrected chi connectivity index (χ3v) is 4.34. The highest BCUT2D eigenvalue weighted by atomic mass is 14.2. The SMILES string of the molecule is C=CCc1cc2ccc3cccc4ccc(c1C=C)c2c34. The maximum absolute atomic E-state index is 4.02. The molecule has 0 spiro atoms. The van der Waals surface area contributed by atoms with Crippen LogP contribution in [0.4, 0.5) is 0 Å². The normalized spacial score (nSPS) is 11.4. The fraction of sp³-hybridized carbons (Fsp3) is 0.0476.